The number of nitrogen functional groups attached to an aromatic ring is 1. The van der Waals surface area contributed by atoms with Crippen LogP contribution in [0.1, 0.15) is 11.1 Å². The highest BCUT2D eigenvalue weighted by Gasteiger charge is 2.10. The van der Waals surface area contributed by atoms with E-state index in [-0.39, 0.29) is 11.2 Å². The van der Waals surface area contributed by atoms with E-state index >= 15 is 0 Å². The maximum Gasteiger partial charge on any atom is 0.334 e. The van der Waals surface area contributed by atoms with Gasteiger partial charge in [-0.05, 0) is 31.0 Å². The molecule has 0 saturated carbocycles. The molecule has 2 aromatic heterocycles. The van der Waals surface area contributed by atoms with Crippen LogP contribution in [-0.4, -0.2) is 14.9 Å². The van der Waals surface area contributed by atoms with Gasteiger partial charge in [-0.3, -0.25) is 19.7 Å². The van der Waals surface area contributed by atoms with Crippen LogP contribution in [-0.2, 0) is 0 Å². The average molecular weight is 278 g/mol. The van der Waals surface area contributed by atoms with Crippen molar-refractivity contribution in [3.05, 3.63) is 66.5 Å². The minimum absolute atomic E-state index is 0.222. The number of nitrogens with one attached hydrogen (secondary N) is 2. The fourth-order valence-corrected chi connectivity index (χ4v) is 1.33. The molecule has 0 aliphatic carbocycles. The number of anilines is 1. The van der Waals surface area contributed by atoms with Crippen LogP contribution in [0.15, 0.2) is 34.1 Å². The van der Waals surface area contributed by atoms with Gasteiger partial charge < -0.3 is 15.7 Å². The van der Waals surface area contributed by atoms with Gasteiger partial charge in [-0.1, -0.05) is 0 Å². The first kappa shape index (κ1) is 15.2. The van der Waals surface area contributed by atoms with Crippen LogP contribution in [0.4, 0.5) is 11.4 Å². The van der Waals surface area contributed by atoms with E-state index in [9.17, 15) is 19.7 Å². The lowest BCUT2D eigenvalue weighted by atomic mass is 10.3. The summed E-state index contributed by atoms with van der Waals surface area (Å²) in [4.78, 5) is 35.5. The molecule has 0 radical (unpaired) electrons. The molecular formula is C12H14N4O4. The molecule has 0 amide bonds. The first-order valence-corrected chi connectivity index (χ1v) is 5.60. The molecule has 2 rings (SSSR count). The Morgan fingerprint density at radius 3 is 1.95 bits per heavy atom. The van der Waals surface area contributed by atoms with Gasteiger partial charge in [0, 0.05) is 18.5 Å². The van der Waals surface area contributed by atoms with Crippen LogP contribution in [0.3, 0.4) is 0 Å². The Balaban J connectivity index is 0.000000204. The van der Waals surface area contributed by atoms with Gasteiger partial charge in [0.15, 0.2) is 0 Å². The van der Waals surface area contributed by atoms with Gasteiger partial charge in [-0.15, -0.1) is 0 Å². The fourth-order valence-electron chi connectivity index (χ4n) is 1.33. The number of hydrogen-bond acceptors (Lipinski definition) is 5. The largest absolute Gasteiger partial charge is 0.394 e. The predicted molar refractivity (Wildman–Crippen MR) is 74.7 cm³/mol. The van der Waals surface area contributed by atoms with Crippen LogP contribution in [0, 0.1) is 24.0 Å². The van der Waals surface area contributed by atoms with Crippen LogP contribution < -0.4 is 16.9 Å². The highest BCUT2D eigenvalue weighted by Crippen LogP contribution is 2.03. The van der Waals surface area contributed by atoms with Crippen molar-refractivity contribution in [2.24, 2.45) is 0 Å². The number of aromatic nitrogens is 2. The van der Waals surface area contributed by atoms with Crippen LogP contribution >= 0.6 is 0 Å². The normalized spacial score (nSPS) is 9.50. The molecule has 0 fully saturated rings. The number of aryl methyl sites for hydroxylation is 2. The Hall–Kier alpha value is -2.90. The van der Waals surface area contributed by atoms with Crippen molar-refractivity contribution < 1.29 is 4.92 Å². The van der Waals surface area contributed by atoms with Crippen molar-refractivity contribution >= 4 is 11.4 Å². The molecule has 2 heterocycles. The lowest BCUT2D eigenvalue weighted by Crippen LogP contribution is -2.10. The summed E-state index contributed by atoms with van der Waals surface area (Å²) in [6, 6.07) is 2.87. The standard InChI is InChI=1S/C6H6N2O3.C6H8N2O/c1-4-2-5(8(10)11)6(9)7-3-4;1-4-2-5(7)6(9)8-3-4/h2-3H,1H3,(H,7,9);2-3H,7H2,1H3,(H,8,9). The molecule has 0 saturated heterocycles. The SMILES string of the molecule is Cc1c[nH]c(=O)c(N)c1.Cc1c[nH]c(=O)c([N+](=O)[O-])c1. The number of nitro groups is 1. The van der Waals surface area contributed by atoms with Gasteiger partial charge in [-0.2, -0.15) is 0 Å². The zero-order valence-electron chi connectivity index (χ0n) is 11.0. The minimum atomic E-state index is -0.703. The number of pyridine rings is 2. The molecule has 8 nitrogen and oxygen atoms in total. The predicted octanol–water partition coefficient (Wildman–Crippen LogP) is 0.857. The monoisotopic (exact) mass is 278 g/mol. The molecule has 8 heteroatoms. The lowest BCUT2D eigenvalue weighted by molar-refractivity contribution is -0.386. The first-order chi connectivity index (χ1) is 9.31. The van der Waals surface area contributed by atoms with E-state index in [0.717, 1.165) is 5.56 Å². The maximum atomic E-state index is 10.7. The zero-order chi connectivity index (χ0) is 15.3. The van der Waals surface area contributed by atoms with Crippen molar-refractivity contribution in [2.75, 3.05) is 5.73 Å². The third kappa shape index (κ3) is 4.09. The first-order valence-electron chi connectivity index (χ1n) is 5.60. The van der Waals surface area contributed by atoms with Crippen LogP contribution in [0.5, 0.6) is 0 Å². The molecule has 0 bridgehead atoms. The van der Waals surface area contributed by atoms with Crippen LogP contribution in [0.25, 0.3) is 0 Å². The topological polar surface area (TPSA) is 135 Å². The van der Waals surface area contributed by atoms with Crippen molar-refractivity contribution in [3.63, 3.8) is 0 Å². The van der Waals surface area contributed by atoms with Crippen molar-refractivity contribution in [1.29, 1.82) is 0 Å². The van der Waals surface area contributed by atoms with E-state index in [1.807, 2.05) is 6.92 Å². The molecule has 2 aromatic rings. The van der Waals surface area contributed by atoms with E-state index in [0.29, 0.717) is 5.56 Å². The summed E-state index contributed by atoms with van der Waals surface area (Å²) >= 11 is 0. The summed E-state index contributed by atoms with van der Waals surface area (Å²) in [5, 5.41) is 10.2. The number of nitrogens with zero attached hydrogens (tertiary/aromatic N) is 1. The Bertz CT molecular complexity index is 733. The van der Waals surface area contributed by atoms with E-state index < -0.39 is 16.2 Å². The highest BCUT2D eigenvalue weighted by molar-refractivity contribution is 5.36. The second-order valence-corrected chi connectivity index (χ2v) is 4.11. The third-order valence-electron chi connectivity index (χ3n) is 2.30. The molecule has 0 atom stereocenters. The Morgan fingerprint density at radius 1 is 1.05 bits per heavy atom. The van der Waals surface area contributed by atoms with Crippen molar-refractivity contribution in [2.45, 2.75) is 13.8 Å². The number of H-pyrrole nitrogens is 2. The number of nitrogens with two attached hydrogens (primary N) is 1. The number of rotatable bonds is 1. The minimum Gasteiger partial charge on any atom is -0.394 e. The lowest BCUT2D eigenvalue weighted by Gasteiger charge is -1.91. The van der Waals surface area contributed by atoms with Gasteiger partial charge >= 0.3 is 11.2 Å². The fraction of sp³-hybridized carbons (Fsp3) is 0.167. The summed E-state index contributed by atoms with van der Waals surface area (Å²) in [5.41, 5.74) is 5.88. The van der Waals surface area contributed by atoms with E-state index in [1.165, 1.54) is 12.3 Å². The molecule has 0 aliphatic rings. The highest BCUT2D eigenvalue weighted by atomic mass is 16.6. The van der Waals surface area contributed by atoms with Crippen molar-refractivity contribution in [3.8, 4) is 0 Å². The molecule has 20 heavy (non-hydrogen) atoms. The second kappa shape index (κ2) is 6.32. The zero-order valence-corrected chi connectivity index (χ0v) is 11.0. The number of hydrogen-bond donors (Lipinski definition) is 3. The maximum absolute atomic E-state index is 10.7. The van der Waals surface area contributed by atoms with Gasteiger partial charge in [-0.25, -0.2) is 0 Å². The molecule has 4 N–H and O–H groups in total. The van der Waals surface area contributed by atoms with Gasteiger partial charge in [0.05, 0.1) is 10.6 Å². The quantitative estimate of drug-likeness (QED) is 0.525. The summed E-state index contributed by atoms with van der Waals surface area (Å²) in [5.74, 6) is 0. The second-order valence-electron chi connectivity index (χ2n) is 4.11. The molecule has 0 unspecified atom stereocenters. The van der Waals surface area contributed by atoms with E-state index in [2.05, 4.69) is 9.97 Å². The van der Waals surface area contributed by atoms with Gasteiger partial charge in [0.1, 0.15) is 0 Å². The Labute approximate surface area is 113 Å². The van der Waals surface area contributed by atoms with E-state index in [1.54, 1.807) is 19.2 Å². The Morgan fingerprint density at radius 2 is 1.55 bits per heavy atom. The third-order valence-corrected chi connectivity index (χ3v) is 2.30. The summed E-state index contributed by atoms with van der Waals surface area (Å²) in [6.45, 7) is 3.54. The average Bonchev–Trinajstić information content (AvgIpc) is 2.38. The summed E-state index contributed by atoms with van der Waals surface area (Å²) < 4.78 is 0. The van der Waals surface area contributed by atoms with Crippen LogP contribution in [0.2, 0.25) is 0 Å². The summed E-state index contributed by atoms with van der Waals surface area (Å²) in [7, 11) is 0. The smallest absolute Gasteiger partial charge is 0.334 e. The van der Waals surface area contributed by atoms with Crippen molar-refractivity contribution in [1.82, 2.24) is 9.97 Å². The molecular weight excluding hydrogens is 264 g/mol. The molecule has 106 valence electrons. The van der Waals surface area contributed by atoms with Gasteiger partial charge in [0.2, 0.25) is 0 Å². The summed E-state index contributed by atoms with van der Waals surface area (Å²) in [6.07, 6.45) is 3.05. The molecule has 0 spiro atoms. The van der Waals surface area contributed by atoms with Gasteiger partial charge in [0.25, 0.3) is 5.56 Å². The van der Waals surface area contributed by atoms with E-state index in [4.69, 9.17) is 5.73 Å². The molecule has 0 aromatic carbocycles. The molecule has 0 aliphatic heterocycles. The number of aromatic amines is 2. The Kier molecular flexibility index (Phi) is 4.79.